The van der Waals surface area contributed by atoms with Crippen LogP contribution in [0, 0.1) is 12.7 Å². The molecule has 0 aliphatic heterocycles. The summed E-state index contributed by atoms with van der Waals surface area (Å²) in [5, 5.41) is 15.6. The van der Waals surface area contributed by atoms with Crippen LogP contribution >= 0.6 is 11.3 Å². The number of carbonyl (C=O) groups is 2. The largest absolute Gasteiger partial charge is 0.479 e. The molecule has 1 heterocycles. The van der Waals surface area contributed by atoms with Gasteiger partial charge in [-0.15, -0.1) is 0 Å². The van der Waals surface area contributed by atoms with E-state index < -0.39 is 17.8 Å². The summed E-state index contributed by atoms with van der Waals surface area (Å²) in [5.74, 6) is -1.92. The first-order chi connectivity index (χ1) is 10.5. The lowest BCUT2D eigenvalue weighted by molar-refractivity contribution is -0.142. The Morgan fingerprint density at radius 3 is 2.73 bits per heavy atom. The van der Waals surface area contributed by atoms with Gasteiger partial charge < -0.3 is 10.4 Å². The normalized spacial score (nSPS) is 11.9. The third kappa shape index (κ3) is 4.14. The van der Waals surface area contributed by atoms with Gasteiger partial charge >= 0.3 is 5.97 Å². The lowest BCUT2D eigenvalue weighted by Crippen LogP contribution is -2.33. The first-order valence-corrected chi connectivity index (χ1v) is 7.71. The van der Waals surface area contributed by atoms with Crippen LogP contribution in [-0.2, 0) is 16.0 Å². The minimum atomic E-state index is -1.17. The number of carbonyl (C=O) groups excluding carboxylic acids is 1. The Labute approximate surface area is 131 Å². The van der Waals surface area contributed by atoms with Crippen molar-refractivity contribution in [1.29, 1.82) is 0 Å². The number of thiophene rings is 1. The van der Waals surface area contributed by atoms with Crippen molar-refractivity contribution in [3.63, 3.8) is 0 Å². The van der Waals surface area contributed by atoms with Crippen molar-refractivity contribution in [3.8, 4) is 0 Å². The molecule has 2 rings (SSSR count). The van der Waals surface area contributed by atoms with E-state index in [1.54, 1.807) is 18.3 Å². The second-order valence-electron chi connectivity index (χ2n) is 4.98. The SMILES string of the molecule is Cc1cc(C(NC(=O)CCc2ccsc2)C(=O)O)ccc1F. The van der Waals surface area contributed by atoms with Gasteiger partial charge in [-0.2, -0.15) is 11.3 Å². The molecule has 0 bridgehead atoms. The summed E-state index contributed by atoms with van der Waals surface area (Å²) in [6.45, 7) is 1.55. The Balaban J connectivity index is 2.03. The van der Waals surface area contributed by atoms with Gasteiger partial charge in [0.1, 0.15) is 5.82 Å². The van der Waals surface area contributed by atoms with E-state index >= 15 is 0 Å². The molecule has 116 valence electrons. The van der Waals surface area contributed by atoms with Crippen molar-refractivity contribution < 1.29 is 19.1 Å². The summed E-state index contributed by atoms with van der Waals surface area (Å²) in [6.07, 6.45) is 0.769. The van der Waals surface area contributed by atoms with Crippen molar-refractivity contribution in [2.45, 2.75) is 25.8 Å². The van der Waals surface area contributed by atoms with E-state index in [0.717, 1.165) is 5.56 Å². The second kappa shape index (κ2) is 7.17. The Bertz CT molecular complexity index is 670. The molecular weight excluding hydrogens is 305 g/mol. The van der Waals surface area contributed by atoms with E-state index in [2.05, 4.69) is 5.32 Å². The second-order valence-corrected chi connectivity index (χ2v) is 5.76. The fraction of sp³-hybridized carbons (Fsp3) is 0.250. The number of aliphatic carboxylic acids is 1. The average molecular weight is 321 g/mol. The molecule has 0 fully saturated rings. The number of hydrogen-bond acceptors (Lipinski definition) is 3. The molecule has 1 unspecified atom stereocenters. The Morgan fingerprint density at radius 1 is 1.36 bits per heavy atom. The van der Waals surface area contributed by atoms with Crippen LogP contribution in [0.3, 0.4) is 0 Å². The van der Waals surface area contributed by atoms with Gasteiger partial charge in [0.05, 0.1) is 0 Å². The first kappa shape index (κ1) is 16.2. The maximum atomic E-state index is 13.3. The van der Waals surface area contributed by atoms with Gasteiger partial charge in [0.15, 0.2) is 6.04 Å². The van der Waals surface area contributed by atoms with Crippen LogP contribution in [0.1, 0.15) is 29.2 Å². The fourth-order valence-corrected chi connectivity index (χ4v) is 2.76. The van der Waals surface area contributed by atoms with Gasteiger partial charge in [-0.3, -0.25) is 4.79 Å². The molecule has 0 radical (unpaired) electrons. The standard InChI is InChI=1S/C16H16FNO3S/c1-10-8-12(3-4-13(10)17)15(16(20)21)18-14(19)5-2-11-6-7-22-9-11/h3-4,6-9,15H,2,5H2,1H3,(H,18,19)(H,20,21). The molecule has 1 aromatic carbocycles. The van der Waals surface area contributed by atoms with Gasteiger partial charge in [0.2, 0.25) is 5.91 Å². The summed E-state index contributed by atoms with van der Waals surface area (Å²) >= 11 is 1.55. The highest BCUT2D eigenvalue weighted by Gasteiger charge is 2.22. The predicted molar refractivity (Wildman–Crippen MR) is 82.3 cm³/mol. The highest BCUT2D eigenvalue weighted by molar-refractivity contribution is 7.07. The van der Waals surface area contributed by atoms with Crippen molar-refractivity contribution in [3.05, 3.63) is 57.5 Å². The number of halogens is 1. The van der Waals surface area contributed by atoms with Crippen LogP contribution in [0.4, 0.5) is 4.39 Å². The number of hydrogen-bond donors (Lipinski definition) is 2. The topological polar surface area (TPSA) is 66.4 Å². The lowest BCUT2D eigenvalue weighted by atomic mass is 10.0. The number of nitrogens with one attached hydrogen (secondary N) is 1. The maximum Gasteiger partial charge on any atom is 0.330 e. The molecule has 0 aliphatic rings. The van der Waals surface area contributed by atoms with E-state index in [-0.39, 0.29) is 12.3 Å². The number of carboxylic acid groups (broad SMARTS) is 1. The number of aryl methyl sites for hydroxylation is 2. The molecule has 1 amide bonds. The third-order valence-electron chi connectivity index (χ3n) is 3.29. The zero-order chi connectivity index (χ0) is 16.1. The number of benzene rings is 1. The van der Waals surface area contributed by atoms with Gasteiger partial charge in [-0.1, -0.05) is 12.1 Å². The molecule has 1 aromatic heterocycles. The van der Waals surface area contributed by atoms with Gasteiger partial charge in [-0.05, 0) is 52.9 Å². The smallest absolute Gasteiger partial charge is 0.330 e. The van der Waals surface area contributed by atoms with E-state index in [9.17, 15) is 19.1 Å². The summed E-state index contributed by atoms with van der Waals surface area (Å²) < 4.78 is 13.3. The monoisotopic (exact) mass is 321 g/mol. The molecule has 0 saturated heterocycles. The molecule has 0 saturated carbocycles. The van der Waals surface area contributed by atoms with Crippen molar-refractivity contribution >= 4 is 23.2 Å². The van der Waals surface area contributed by atoms with Crippen molar-refractivity contribution in [2.24, 2.45) is 0 Å². The third-order valence-corrected chi connectivity index (χ3v) is 4.02. The highest BCUT2D eigenvalue weighted by Crippen LogP contribution is 2.18. The quantitative estimate of drug-likeness (QED) is 0.859. The lowest BCUT2D eigenvalue weighted by Gasteiger charge is -2.15. The maximum absolute atomic E-state index is 13.3. The predicted octanol–water partition coefficient (Wildman–Crippen LogP) is 3.07. The van der Waals surface area contributed by atoms with Crippen molar-refractivity contribution in [2.75, 3.05) is 0 Å². The van der Waals surface area contributed by atoms with Crippen LogP contribution in [0.5, 0.6) is 0 Å². The van der Waals surface area contributed by atoms with Crippen molar-refractivity contribution in [1.82, 2.24) is 5.32 Å². The van der Waals surface area contributed by atoms with Gasteiger partial charge in [0.25, 0.3) is 0 Å². The molecule has 2 aromatic rings. The summed E-state index contributed by atoms with van der Waals surface area (Å²) in [7, 11) is 0. The van der Waals surface area contributed by atoms with E-state index in [1.807, 2.05) is 16.8 Å². The van der Waals surface area contributed by atoms with E-state index in [0.29, 0.717) is 17.5 Å². The molecule has 0 spiro atoms. The van der Waals surface area contributed by atoms with Crippen LogP contribution in [-0.4, -0.2) is 17.0 Å². The number of rotatable bonds is 6. The minimum Gasteiger partial charge on any atom is -0.479 e. The Morgan fingerprint density at radius 2 is 2.14 bits per heavy atom. The van der Waals surface area contributed by atoms with E-state index in [1.165, 1.54) is 18.2 Å². The average Bonchev–Trinajstić information content (AvgIpc) is 2.98. The van der Waals surface area contributed by atoms with Gasteiger partial charge in [0, 0.05) is 6.42 Å². The Hall–Kier alpha value is -2.21. The summed E-state index contributed by atoms with van der Waals surface area (Å²) in [5.41, 5.74) is 1.75. The fourth-order valence-electron chi connectivity index (χ4n) is 2.06. The zero-order valence-electron chi connectivity index (χ0n) is 12.0. The summed E-state index contributed by atoms with van der Waals surface area (Å²) in [4.78, 5) is 23.3. The first-order valence-electron chi connectivity index (χ1n) is 6.76. The zero-order valence-corrected chi connectivity index (χ0v) is 12.8. The van der Waals surface area contributed by atoms with E-state index in [4.69, 9.17) is 0 Å². The van der Waals surface area contributed by atoms with Crippen LogP contribution in [0.2, 0.25) is 0 Å². The molecule has 4 nitrogen and oxygen atoms in total. The molecule has 0 aliphatic carbocycles. The van der Waals surface area contributed by atoms with Gasteiger partial charge in [-0.25, -0.2) is 9.18 Å². The van der Waals surface area contributed by atoms with Crippen LogP contribution < -0.4 is 5.32 Å². The molecule has 1 atom stereocenters. The molecular formula is C16H16FNO3S. The summed E-state index contributed by atoms with van der Waals surface area (Å²) in [6, 6.07) is 4.77. The van der Waals surface area contributed by atoms with Crippen LogP contribution in [0.15, 0.2) is 35.0 Å². The molecule has 2 N–H and O–H groups in total. The molecule has 6 heteroatoms. The number of amides is 1. The number of carboxylic acids is 1. The molecule has 22 heavy (non-hydrogen) atoms. The van der Waals surface area contributed by atoms with Crippen LogP contribution in [0.25, 0.3) is 0 Å². The Kier molecular flexibility index (Phi) is 5.27. The highest BCUT2D eigenvalue weighted by atomic mass is 32.1. The minimum absolute atomic E-state index is 0.209.